The molecule has 3 atom stereocenters. The van der Waals surface area contributed by atoms with Crippen LogP contribution in [0.25, 0.3) is 0 Å². The number of nitrogens with one attached hydrogen (secondary N) is 1. The Bertz CT molecular complexity index is 220. The number of carbonyl (C=O) groups is 1. The van der Waals surface area contributed by atoms with E-state index in [4.69, 9.17) is 5.11 Å². The molecule has 1 rings (SSSR count). The van der Waals surface area contributed by atoms with Crippen LogP contribution >= 0.6 is 0 Å². The van der Waals surface area contributed by atoms with Crippen molar-refractivity contribution >= 4 is 5.97 Å². The van der Waals surface area contributed by atoms with Gasteiger partial charge in [0.05, 0.1) is 6.10 Å². The van der Waals surface area contributed by atoms with E-state index in [0.29, 0.717) is 12.3 Å². The van der Waals surface area contributed by atoms with E-state index in [2.05, 4.69) is 5.32 Å². The van der Waals surface area contributed by atoms with Gasteiger partial charge in [-0.25, -0.2) is 0 Å². The van der Waals surface area contributed by atoms with Crippen molar-refractivity contribution in [2.45, 2.75) is 57.6 Å². The van der Waals surface area contributed by atoms with E-state index in [1.807, 2.05) is 6.92 Å². The third-order valence-electron chi connectivity index (χ3n) is 3.39. The van der Waals surface area contributed by atoms with Crippen LogP contribution in [0.15, 0.2) is 0 Å². The fourth-order valence-corrected chi connectivity index (χ4v) is 2.22. The SMILES string of the molecule is CC(CCC(=O)O)NCC1CCCCC1O. The summed E-state index contributed by atoms with van der Waals surface area (Å²) < 4.78 is 0. The van der Waals surface area contributed by atoms with Crippen molar-refractivity contribution in [3.63, 3.8) is 0 Å². The van der Waals surface area contributed by atoms with E-state index in [-0.39, 0.29) is 18.6 Å². The fraction of sp³-hybridized carbons (Fsp3) is 0.917. The van der Waals surface area contributed by atoms with Gasteiger partial charge in [0.25, 0.3) is 0 Å². The second kappa shape index (κ2) is 6.86. The summed E-state index contributed by atoms with van der Waals surface area (Å²) in [5.74, 6) is -0.396. The topological polar surface area (TPSA) is 69.6 Å². The minimum absolute atomic E-state index is 0.173. The molecule has 0 radical (unpaired) electrons. The molecule has 16 heavy (non-hydrogen) atoms. The fourth-order valence-electron chi connectivity index (χ4n) is 2.22. The summed E-state index contributed by atoms with van der Waals surface area (Å²) in [6.45, 7) is 2.81. The summed E-state index contributed by atoms with van der Waals surface area (Å²) in [4.78, 5) is 10.4. The quantitative estimate of drug-likeness (QED) is 0.643. The predicted octanol–water partition coefficient (Wildman–Crippen LogP) is 1.38. The maximum atomic E-state index is 10.4. The van der Waals surface area contributed by atoms with Gasteiger partial charge >= 0.3 is 5.97 Å². The Hall–Kier alpha value is -0.610. The minimum Gasteiger partial charge on any atom is -0.481 e. The zero-order valence-electron chi connectivity index (χ0n) is 9.98. The number of carboxylic acid groups (broad SMARTS) is 1. The molecular formula is C12H23NO3. The molecule has 4 nitrogen and oxygen atoms in total. The first-order valence-corrected chi connectivity index (χ1v) is 6.23. The van der Waals surface area contributed by atoms with Crippen molar-refractivity contribution in [2.75, 3.05) is 6.54 Å². The molecule has 1 aliphatic carbocycles. The van der Waals surface area contributed by atoms with Crippen LogP contribution in [0.1, 0.15) is 45.4 Å². The van der Waals surface area contributed by atoms with Gasteiger partial charge in [0.15, 0.2) is 0 Å². The summed E-state index contributed by atoms with van der Waals surface area (Å²) in [7, 11) is 0. The zero-order valence-corrected chi connectivity index (χ0v) is 9.98. The number of aliphatic hydroxyl groups is 1. The molecule has 0 heterocycles. The minimum atomic E-state index is -0.744. The molecule has 3 unspecified atom stereocenters. The highest BCUT2D eigenvalue weighted by Crippen LogP contribution is 2.23. The lowest BCUT2D eigenvalue weighted by molar-refractivity contribution is -0.137. The van der Waals surface area contributed by atoms with Crippen molar-refractivity contribution in [1.82, 2.24) is 5.32 Å². The van der Waals surface area contributed by atoms with Crippen molar-refractivity contribution in [3.8, 4) is 0 Å². The molecule has 0 amide bonds. The van der Waals surface area contributed by atoms with E-state index in [9.17, 15) is 9.90 Å². The lowest BCUT2D eigenvalue weighted by Crippen LogP contribution is -2.37. The molecule has 0 aliphatic heterocycles. The number of aliphatic hydroxyl groups excluding tert-OH is 1. The highest BCUT2D eigenvalue weighted by Gasteiger charge is 2.22. The molecule has 1 saturated carbocycles. The van der Waals surface area contributed by atoms with Gasteiger partial charge in [-0.15, -0.1) is 0 Å². The molecule has 94 valence electrons. The Morgan fingerprint density at radius 2 is 2.12 bits per heavy atom. The highest BCUT2D eigenvalue weighted by atomic mass is 16.4. The number of hydrogen-bond acceptors (Lipinski definition) is 3. The summed E-state index contributed by atoms with van der Waals surface area (Å²) in [5.41, 5.74) is 0. The number of aliphatic carboxylic acids is 1. The third kappa shape index (κ3) is 4.94. The lowest BCUT2D eigenvalue weighted by atomic mass is 9.86. The van der Waals surface area contributed by atoms with Crippen LogP contribution in [0.4, 0.5) is 0 Å². The van der Waals surface area contributed by atoms with Crippen molar-refractivity contribution in [1.29, 1.82) is 0 Å². The normalized spacial score (nSPS) is 27.6. The predicted molar refractivity (Wildman–Crippen MR) is 62.3 cm³/mol. The van der Waals surface area contributed by atoms with Crippen molar-refractivity contribution < 1.29 is 15.0 Å². The van der Waals surface area contributed by atoms with Gasteiger partial charge in [0.2, 0.25) is 0 Å². The van der Waals surface area contributed by atoms with Crippen molar-refractivity contribution in [2.24, 2.45) is 5.92 Å². The van der Waals surface area contributed by atoms with Gasteiger partial charge in [-0.2, -0.15) is 0 Å². The summed E-state index contributed by atoms with van der Waals surface area (Å²) in [6, 6.07) is 0.213. The van der Waals surface area contributed by atoms with Crippen LogP contribution in [-0.4, -0.2) is 34.9 Å². The van der Waals surface area contributed by atoms with Gasteiger partial charge in [0.1, 0.15) is 0 Å². The molecular weight excluding hydrogens is 206 g/mol. The molecule has 0 saturated heterocycles. The Kier molecular flexibility index (Phi) is 5.77. The Morgan fingerprint density at radius 1 is 1.44 bits per heavy atom. The average molecular weight is 229 g/mol. The number of rotatable bonds is 6. The number of hydrogen-bond donors (Lipinski definition) is 3. The second-order valence-electron chi connectivity index (χ2n) is 4.85. The summed E-state index contributed by atoms with van der Waals surface area (Å²) >= 11 is 0. The largest absolute Gasteiger partial charge is 0.481 e. The summed E-state index contributed by atoms with van der Waals surface area (Å²) in [5, 5.41) is 21.6. The molecule has 0 aromatic carbocycles. The van der Waals surface area contributed by atoms with Gasteiger partial charge in [0, 0.05) is 19.0 Å². The van der Waals surface area contributed by atoms with Gasteiger partial charge < -0.3 is 15.5 Å². The monoisotopic (exact) mass is 229 g/mol. The first-order valence-electron chi connectivity index (χ1n) is 6.23. The van der Waals surface area contributed by atoms with Crippen LogP contribution in [0, 0.1) is 5.92 Å². The van der Waals surface area contributed by atoms with Crippen LogP contribution < -0.4 is 5.32 Å². The highest BCUT2D eigenvalue weighted by molar-refractivity contribution is 5.66. The molecule has 3 N–H and O–H groups in total. The lowest BCUT2D eigenvalue weighted by Gasteiger charge is -2.28. The number of carboxylic acids is 1. The smallest absolute Gasteiger partial charge is 0.303 e. The Balaban J connectivity index is 2.14. The molecule has 1 fully saturated rings. The summed E-state index contributed by atoms with van der Waals surface area (Å²) in [6.07, 6.45) is 5.02. The van der Waals surface area contributed by atoms with Gasteiger partial charge in [-0.3, -0.25) is 4.79 Å². The molecule has 1 aliphatic rings. The first-order chi connectivity index (χ1) is 7.59. The molecule has 4 heteroatoms. The van der Waals surface area contributed by atoms with E-state index < -0.39 is 5.97 Å². The first kappa shape index (κ1) is 13.5. The van der Waals surface area contributed by atoms with E-state index in [1.54, 1.807) is 0 Å². The van der Waals surface area contributed by atoms with Crippen LogP contribution in [0.5, 0.6) is 0 Å². The maximum Gasteiger partial charge on any atom is 0.303 e. The van der Waals surface area contributed by atoms with E-state index in [0.717, 1.165) is 25.8 Å². The third-order valence-corrected chi connectivity index (χ3v) is 3.39. The molecule has 0 spiro atoms. The van der Waals surface area contributed by atoms with Gasteiger partial charge in [-0.1, -0.05) is 12.8 Å². The van der Waals surface area contributed by atoms with E-state index >= 15 is 0 Å². The Morgan fingerprint density at radius 3 is 2.75 bits per heavy atom. The van der Waals surface area contributed by atoms with Crippen LogP contribution in [0.2, 0.25) is 0 Å². The maximum absolute atomic E-state index is 10.4. The Labute approximate surface area is 97.0 Å². The van der Waals surface area contributed by atoms with Crippen LogP contribution in [-0.2, 0) is 4.79 Å². The standard InChI is InChI=1S/C12H23NO3/c1-9(6-7-12(15)16)13-8-10-4-2-3-5-11(10)14/h9-11,13-14H,2-8H2,1H3,(H,15,16). The second-order valence-corrected chi connectivity index (χ2v) is 4.85. The average Bonchev–Trinajstić information content (AvgIpc) is 2.25. The molecule has 0 aromatic heterocycles. The van der Waals surface area contributed by atoms with Crippen molar-refractivity contribution in [3.05, 3.63) is 0 Å². The molecule has 0 bridgehead atoms. The van der Waals surface area contributed by atoms with Crippen LogP contribution in [0.3, 0.4) is 0 Å². The zero-order chi connectivity index (χ0) is 12.0. The van der Waals surface area contributed by atoms with E-state index in [1.165, 1.54) is 6.42 Å². The molecule has 0 aromatic rings. The van der Waals surface area contributed by atoms with Gasteiger partial charge in [-0.05, 0) is 32.1 Å².